The maximum absolute atomic E-state index is 14.1. The lowest BCUT2D eigenvalue weighted by atomic mass is 10.0. The molecule has 1 aliphatic rings. The number of halogens is 1. The Hall–Kier alpha value is -4.12. The second-order valence-electron chi connectivity index (χ2n) is 7.40. The number of sulfonamides is 1. The maximum Gasteiger partial charge on any atom is 0.264 e. The molecule has 0 atom stereocenters. The van der Waals surface area contributed by atoms with Crippen molar-refractivity contribution >= 4 is 44.0 Å². The van der Waals surface area contributed by atoms with Crippen LogP contribution in [0.4, 0.5) is 21.6 Å². The summed E-state index contributed by atoms with van der Waals surface area (Å²) in [4.78, 5) is 11.3. The number of aromatic nitrogens is 2. The third kappa shape index (κ3) is 3.82. The number of aromatic amines is 1. The summed E-state index contributed by atoms with van der Waals surface area (Å²) in [5.74, 6) is -0.367. The van der Waals surface area contributed by atoms with Crippen molar-refractivity contribution in [2.75, 3.05) is 29.0 Å². The number of amides is 1. The van der Waals surface area contributed by atoms with Crippen LogP contribution < -0.4 is 20.1 Å². The molecule has 0 radical (unpaired) electrons. The largest absolute Gasteiger partial charge is 0.497 e. The molecule has 0 saturated carbocycles. The molecular formula is C22H18FN5O4S. The Morgan fingerprint density at radius 1 is 1.06 bits per heavy atom. The fourth-order valence-corrected chi connectivity index (χ4v) is 4.82. The van der Waals surface area contributed by atoms with Crippen LogP contribution in [0.3, 0.4) is 0 Å². The zero-order valence-corrected chi connectivity index (χ0v) is 18.1. The molecule has 168 valence electrons. The Morgan fingerprint density at radius 3 is 2.61 bits per heavy atom. The highest BCUT2D eigenvalue weighted by molar-refractivity contribution is 7.92. The van der Waals surface area contributed by atoms with E-state index >= 15 is 0 Å². The van der Waals surface area contributed by atoms with Crippen LogP contribution in [0.25, 0.3) is 22.0 Å². The van der Waals surface area contributed by atoms with Crippen molar-refractivity contribution in [2.24, 2.45) is 0 Å². The molecule has 0 fully saturated rings. The predicted octanol–water partition coefficient (Wildman–Crippen LogP) is 3.54. The number of ether oxygens (including phenoxy) is 1. The number of benzene rings is 3. The summed E-state index contributed by atoms with van der Waals surface area (Å²) in [6.45, 7) is 0.121. The lowest BCUT2D eigenvalue weighted by Gasteiger charge is -2.11. The van der Waals surface area contributed by atoms with E-state index in [0.29, 0.717) is 5.82 Å². The number of rotatable bonds is 5. The summed E-state index contributed by atoms with van der Waals surface area (Å²) in [5, 5.41) is 13.7. The van der Waals surface area contributed by atoms with Crippen LogP contribution >= 0.6 is 0 Å². The number of nitrogens with one attached hydrogen (secondary N) is 4. The Bertz CT molecular complexity index is 1500. The van der Waals surface area contributed by atoms with Gasteiger partial charge in [-0.25, -0.2) is 12.8 Å². The SMILES string of the molecule is COc1ccc(F)c(S(=O)(=O)Nc2ccc(-c3cc4c5c(n[nH]c5c3)NC(=O)CN4)cc2)c1. The molecule has 11 heteroatoms. The first-order valence-electron chi connectivity index (χ1n) is 9.87. The third-order valence-corrected chi connectivity index (χ3v) is 6.66. The van der Waals surface area contributed by atoms with Gasteiger partial charge in [0.1, 0.15) is 16.5 Å². The number of nitrogens with zero attached hydrogens (tertiary/aromatic N) is 1. The highest BCUT2D eigenvalue weighted by atomic mass is 32.2. The minimum Gasteiger partial charge on any atom is -0.497 e. The molecule has 2 heterocycles. The normalized spacial score (nSPS) is 13.2. The van der Waals surface area contributed by atoms with E-state index in [1.165, 1.54) is 13.2 Å². The number of H-pyrrole nitrogens is 1. The van der Waals surface area contributed by atoms with E-state index < -0.39 is 20.7 Å². The summed E-state index contributed by atoms with van der Waals surface area (Å²) < 4.78 is 46.9. The molecule has 1 aliphatic heterocycles. The van der Waals surface area contributed by atoms with Gasteiger partial charge in [0.25, 0.3) is 10.0 Å². The molecule has 0 saturated heterocycles. The van der Waals surface area contributed by atoms with Crippen LogP contribution in [0.15, 0.2) is 59.5 Å². The van der Waals surface area contributed by atoms with Crippen LogP contribution in [0.1, 0.15) is 0 Å². The number of methoxy groups -OCH3 is 1. The van der Waals surface area contributed by atoms with Crippen molar-refractivity contribution in [3.63, 3.8) is 0 Å². The Labute approximate surface area is 188 Å². The van der Waals surface area contributed by atoms with Gasteiger partial charge in [0.15, 0.2) is 5.82 Å². The molecule has 1 aromatic heterocycles. The van der Waals surface area contributed by atoms with E-state index in [0.717, 1.165) is 39.8 Å². The molecule has 5 rings (SSSR count). The van der Waals surface area contributed by atoms with Crippen molar-refractivity contribution in [3.05, 3.63) is 60.4 Å². The smallest absolute Gasteiger partial charge is 0.264 e. The van der Waals surface area contributed by atoms with Gasteiger partial charge in [-0.15, -0.1) is 0 Å². The number of hydrogen-bond acceptors (Lipinski definition) is 6. The second-order valence-corrected chi connectivity index (χ2v) is 9.05. The monoisotopic (exact) mass is 467 g/mol. The van der Waals surface area contributed by atoms with E-state index in [2.05, 4.69) is 25.6 Å². The van der Waals surface area contributed by atoms with Crippen molar-refractivity contribution in [3.8, 4) is 16.9 Å². The average molecular weight is 467 g/mol. The molecule has 33 heavy (non-hydrogen) atoms. The third-order valence-electron chi connectivity index (χ3n) is 5.26. The first kappa shape index (κ1) is 20.8. The van der Waals surface area contributed by atoms with Gasteiger partial charge in [0.05, 0.1) is 24.6 Å². The highest BCUT2D eigenvalue weighted by Gasteiger charge is 2.21. The number of hydrogen-bond donors (Lipinski definition) is 4. The van der Waals surface area contributed by atoms with Gasteiger partial charge in [-0.2, -0.15) is 5.10 Å². The average Bonchev–Trinajstić information content (AvgIpc) is 3.12. The van der Waals surface area contributed by atoms with Gasteiger partial charge < -0.3 is 15.4 Å². The zero-order chi connectivity index (χ0) is 23.2. The standard InChI is InChI=1S/C22H18FN5O4S/c1-32-15-6-7-16(23)19(10-15)33(30,31)28-14-4-2-12(3-5-14)13-8-17-21-18(9-13)26-27-22(21)25-20(29)11-24-17/h2-10,24,28H,11H2,1H3,(H2,25,26,27,29). The van der Waals surface area contributed by atoms with E-state index in [1.54, 1.807) is 24.3 Å². The van der Waals surface area contributed by atoms with Gasteiger partial charge in [-0.3, -0.25) is 14.6 Å². The molecule has 9 nitrogen and oxygen atoms in total. The quantitative estimate of drug-likeness (QED) is 0.356. The van der Waals surface area contributed by atoms with Gasteiger partial charge in [-0.1, -0.05) is 12.1 Å². The van der Waals surface area contributed by atoms with Gasteiger partial charge in [0, 0.05) is 17.4 Å². The van der Waals surface area contributed by atoms with Crippen LogP contribution in [0.5, 0.6) is 5.75 Å². The minimum absolute atomic E-state index is 0.121. The topological polar surface area (TPSA) is 125 Å². The predicted molar refractivity (Wildman–Crippen MR) is 122 cm³/mol. The first-order valence-corrected chi connectivity index (χ1v) is 11.3. The molecule has 0 aliphatic carbocycles. The van der Waals surface area contributed by atoms with Crippen molar-refractivity contribution < 1.29 is 22.3 Å². The van der Waals surface area contributed by atoms with Gasteiger partial charge >= 0.3 is 0 Å². The van der Waals surface area contributed by atoms with Crippen LogP contribution in [-0.4, -0.2) is 38.2 Å². The molecular weight excluding hydrogens is 449 g/mol. The molecule has 4 aromatic rings. The van der Waals surface area contributed by atoms with Crippen molar-refractivity contribution in [1.29, 1.82) is 0 Å². The van der Waals surface area contributed by atoms with Gasteiger partial charge in [-0.05, 0) is 47.5 Å². The molecule has 0 unspecified atom stereocenters. The van der Waals surface area contributed by atoms with Crippen LogP contribution in [0.2, 0.25) is 0 Å². The van der Waals surface area contributed by atoms with Crippen LogP contribution in [0, 0.1) is 5.82 Å². The number of anilines is 3. The molecule has 1 amide bonds. The summed E-state index contributed by atoms with van der Waals surface area (Å²) in [6, 6.07) is 14.0. The summed E-state index contributed by atoms with van der Waals surface area (Å²) in [5.41, 5.74) is 3.42. The van der Waals surface area contributed by atoms with Gasteiger partial charge in [0.2, 0.25) is 5.91 Å². The lowest BCUT2D eigenvalue weighted by Crippen LogP contribution is -2.19. The van der Waals surface area contributed by atoms with E-state index in [9.17, 15) is 17.6 Å². The van der Waals surface area contributed by atoms with E-state index in [4.69, 9.17) is 4.74 Å². The van der Waals surface area contributed by atoms with E-state index in [1.807, 2.05) is 12.1 Å². The fraction of sp³-hybridized carbons (Fsp3) is 0.0909. The summed E-state index contributed by atoms with van der Waals surface area (Å²) in [7, 11) is -2.79. The highest BCUT2D eigenvalue weighted by Crippen LogP contribution is 2.35. The fourth-order valence-electron chi connectivity index (χ4n) is 3.66. The number of carbonyl (C=O) groups excluding carboxylic acids is 1. The molecule has 4 N–H and O–H groups in total. The minimum atomic E-state index is -4.16. The zero-order valence-electron chi connectivity index (χ0n) is 17.3. The van der Waals surface area contributed by atoms with E-state index in [-0.39, 0.29) is 23.9 Å². The Balaban J connectivity index is 1.44. The van der Waals surface area contributed by atoms with Crippen molar-refractivity contribution in [2.45, 2.75) is 4.90 Å². The molecule has 3 aromatic carbocycles. The maximum atomic E-state index is 14.1. The molecule has 0 spiro atoms. The Kier molecular flexibility index (Phi) is 4.90. The Morgan fingerprint density at radius 2 is 1.85 bits per heavy atom. The number of carbonyl (C=O) groups is 1. The van der Waals surface area contributed by atoms with Crippen molar-refractivity contribution in [1.82, 2.24) is 10.2 Å². The lowest BCUT2D eigenvalue weighted by molar-refractivity contribution is -0.114. The summed E-state index contributed by atoms with van der Waals surface area (Å²) >= 11 is 0. The molecule has 0 bridgehead atoms. The van der Waals surface area contributed by atoms with Crippen LogP contribution in [-0.2, 0) is 14.8 Å². The summed E-state index contributed by atoms with van der Waals surface area (Å²) in [6.07, 6.45) is 0. The second kappa shape index (κ2) is 7.78. The first-order chi connectivity index (χ1) is 15.8.